The molecule has 114 valence electrons. The fourth-order valence-electron chi connectivity index (χ4n) is 1.87. The van der Waals surface area contributed by atoms with E-state index in [1.807, 2.05) is 6.92 Å². The number of rotatable bonds is 6. The Hall–Kier alpha value is -2.82. The average Bonchev–Trinajstić information content (AvgIpc) is 2.53. The van der Waals surface area contributed by atoms with Crippen molar-refractivity contribution < 1.29 is 19.1 Å². The summed E-state index contributed by atoms with van der Waals surface area (Å²) in [6.45, 7) is 2.13. The maximum absolute atomic E-state index is 12.0. The van der Waals surface area contributed by atoms with Crippen LogP contribution in [0.25, 0.3) is 0 Å². The summed E-state index contributed by atoms with van der Waals surface area (Å²) in [6.07, 6.45) is 0. The highest BCUT2D eigenvalue weighted by molar-refractivity contribution is 5.99. The van der Waals surface area contributed by atoms with Gasteiger partial charge in [0.1, 0.15) is 5.75 Å². The van der Waals surface area contributed by atoms with Crippen molar-refractivity contribution in [2.75, 3.05) is 18.9 Å². The number of nitrogen functional groups attached to an aromatic ring is 1. The fourth-order valence-corrected chi connectivity index (χ4v) is 1.87. The van der Waals surface area contributed by atoms with Crippen molar-refractivity contribution in [3.05, 3.63) is 59.7 Å². The Kier molecular flexibility index (Phi) is 5.14. The van der Waals surface area contributed by atoms with Gasteiger partial charge in [0.05, 0.1) is 12.2 Å². The third-order valence-electron chi connectivity index (χ3n) is 2.94. The van der Waals surface area contributed by atoms with E-state index in [4.69, 9.17) is 15.2 Å². The van der Waals surface area contributed by atoms with Gasteiger partial charge in [-0.15, -0.1) is 0 Å². The van der Waals surface area contributed by atoms with Crippen LogP contribution in [-0.2, 0) is 4.74 Å². The molecule has 0 radical (unpaired) electrons. The molecule has 2 N–H and O–H groups in total. The molecule has 0 fully saturated rings. The molecule has 0 bridgehead atoms. The van der Waals surface area contributed by atoms with Crippen LogP contribution in [0.2, 0.25) is 0 Å². The van der Waals surface area contributed by atoms with Crippen LogP contribution in [0.4, 0.5) is 5.69 Å². The summed E-state index contributed by atoms with van der Waals surface area (Å²) >= 11 is 0. The van der Waals surface area contributed by atoms with Crippen molar-refractivity contribution in [1.29, 1.82) is 0 Å². The summed E-state index contributed by atoms with van der Waals surface area (Å²) in [6, 6.07) is 13.1. The number of hydrogen-bond acceptors (Lipinski definition) is 5. The molecule has 0 aliphatic carbocycles. The molecule has 0 amide bonds. The molecular formula is C17H17NO4. The number of Topliss-reactive ketones (excluding diaryl/α,β-unsaturated/α-hetero) is 1. The molecular weight excluding hydrogens is 282 g/mol. The zero-order chi connectivity index (χ0) is 15.9. The van der Waals surface area contributed by atoms with Gasteiger partial charge in [-0.05, 0) is 49.4 Å². The molecule has 0 saturated heterocycles. The van der Waals surface area contributed by atoms with Crippen LogP contribution in [0.1, 0.15) is 27.6 Å². The van der Waals surface area contributed by atoms with E-state index < -0.39 is 5.97 Å². The van der Waals surface area contributed by atoms with Crippen LogP contribution in [0.3, 0.4) is 0 Å². The minimum atomic E-state index is -0.577. The van der Waals surface area contributed by atoms with Crippen LogP contribution in [-0.4, -0.2) is 25.0 Å². The minimum absolute atomic E-state index is 0.277. The van der Waals surface area contributed by atoms with Gasteiger partial charge in [0.15, 0.2) is 12.4 Å². The first-order valence-corrected chi connectivity index (χ1v) is 6.89. The third kappa shape index (κ3) is 4.09. The number of ketones is 1. The Morgan fingerprint density at radius 2 is 1.77 bits per heavy atom. The molecule has 0 unspecified atom stereocenters. The van der Waals surface area contributed by atoms with Crippen molar-refractivity contribution >= 4 is 17.4 Å². The molecule has 2 aromatic rings. The second kappa shape index (κ2) is 7.26. The van der Waals surface area contributed by atoms with E-state index in [0.717, 1.165) is 0 Å². The largest absolute Gasteiger partial charge is 0.494 e. The molecule has 2 rings (SSSR count). The number of anilines is 1. The van der Waals surface area contributed by atoms with Crippen LogP contribution >= 0.6 is 0 Å². The van der Waals surface area contributed by atoms with Crippen molar-refractivity contribution in [2.45, 2.75) is 6.92 Å². The third-order valence-corrected chi connectivity index (χ3v) is 2.94. The van der Waals surface area contributed by atoms with Crippen molar-refractivity contribution in [2.24, 2.45) is 0 Å². The number of nitrogens with two attached hydrogens (primary N) is 1. The monoisotopic (exact) mass is 299 g/mol. The minimum Gasteiger partial charge on any atom is -0.494 e. The summed E-state index contributed by atoms with van der Waals surface area (Å²) in [5.41, 5.74) is 6.84. The number of carbonyl (C=O) groups is 2. The first kappa shape index (κ1) is 15.6. The van der Waals surface area contributed by atoms with Gasteiger partial charge in [-0.25, -0.2) is 4.79 Å². The van der Waals surface area contributed by atoms with E-state index in [9.17, 15) is 9.59 Å². The van der Waals surface area contributed by atoms with Gasteiger partial charge in [-0.1, -0.05) is 6.07 Å². The lowest BCUT2D eigenvalue weighted by molar-refractivity contribution is 0.0475. The Bertz CT molecular complexity index is 665. The van der Waals surface area contributed by atoms with Crippen LogP contribution in [0.5, 0.6) is 5.75 Å². The standard InChI is InChI=1S/C17H17NO4/c1-2-21-15-8-6-12(7-9-15)16(19)11-22-17(20)13-4-3-5-14(18)10-13/h3-10H,2,11,18H2,1H3. The quantitative estimate of drug-likeness (QED) is 0.504. The average molecular weight is 299 g/mol. The highest BCUT2D eigenvalue weighted by atomic mass is 16.5. The Labute approximate surface area is 128 Å². The first-order chi connectivity index (χ1) is 10.6. The lowest BCUT2D eigenvalue weighted by Crippen LogP contribution is -2.14. The van der Waals surface area contributed by atoms with Crippen molar-refractivity contribution in [3.8, 4) is 5.75 Å². The highest BCUT2D eigenvalue weighted by Crippen LogP contribution is 2.13. The molecule has 0 aliphatic heterocycles. The predicted molar refractivity (Wildman–Crippen MR) is 83.1 cm³/mol. The normalized spacial score (nSPS) is 10.0. The Balaban J connectivity index is 1.93. The topological polar surface area (TPSA) is 78.6 Å². The van der Waals surface area contributed by atoms with Gasteiger partial charge in [-0.3, -0.25) is 4.79 Å². The van der Waals surface area contributed by atoms with Gasteiger partial charge >= 0.3 is 5.97 Å². The number of carbonyl (C=O) groups excluding carboxylic acids is 2. The zero-order valence-corrected chi connectivity index (χ0v) is 12.2. The summed E-state index contributed by atoms with van der Waals surface area (Å²) in [4.78, 5) is 23.8. The lowest BCUT2D eigenvalue weighted by atomic mass is 10.1. The molecule has 5 nitrogen and oxygen atoms in total. The summed E-state index contributed by atoms with van der Waals surface area (Å²) in [7, 11) is 0. The van der Waals surface area contributed by atoms with Crippen LogP contribution in [0, 0.1) is 0 Å². The molecule has 0 aromatic heterocycles. The number of hydrogen-bond donors (Lipinski definition) is 1. The number of ether oxygens (including phenoxy) is 2. The smallest absolute Gasteiger partial charge is 0.338 e. The van der Waals surface area contributed by atoms with Gasteiger partial charge in [0.25, 0.3) is 0 Å². The molecule has 5 heteroatoms. The molecule has 0 spiro atoms. The highest BCUT2D eigenvalue weighted by Gasteiger charge is 2.12. The predicted octanol–water partition coefficient (Wildman–Crippen LogP) is 2.71. The Morgan fingerprint density at radius 3 is 2.41 bits per heavy atom. The molecule has 22 heavy (non-hydrogen) atoms. The molecule has 0 heterocycles. The summed E-state index contributed by atoms with van der Waals surface area (Å²) in [5.74, 6) is -0.164. The number of esters is 1. The molecule has 0 atom stereocenters. The van der Waals surface area contributed by atoms with E-state index in [1.54, 1.807) is 42.5 Å². The SMILES string of the molecule is CCOc1ccc(C(=O)COC(=O)c2cccc(N)c2)cc1. The zero-order valence-electron chi connectivity index (χ0n) is 12.2. The lowest BCUT2D eigenvalue weighted by Gasteiger charge is -2.06. The molecule has 0 saturated carbocycles. The summed E-state index contributed by atoms with van der Waals surface area (Å²) < 4.78 is 10.3. The maximum Gasteiger partial charge on any atom is 0.338 e. The summed E-state index contributed by atoms with van der Waals surface area (Å²) in [5, 5.41) is 0. The van der Waals surface area contributed by atoms with Crippen molar-refractivity contribution in [1.82, 2.24) is 0 Å². The maximum atomic E-state index is 12.0. The van der Waals surface area contributed by atoms with Gasteiger partial charge in [0.2, 0.25) is 0 Å². The van der Waals surface area contributed by atoms with E-state index in [1.165, 1.54) is 6.07 Å². The second-order valence-corrected chi connectivity index (χ2v) is 4.58. The van der Waals surface area contributed by atoms with Crippen LogP contribution in [0.15, 0.2) is 48.5 Å². The number of benzene rings is 2. The first-order valence-electron chi connectivity index (χ1n) is 6.89. The van der Waals surface area contributed by atoms with E-state index in [-0.39, 0.29) is 12.4 Å². The van der Waals surface area contributed by atoms with E-state index >= 15 is 0 Å². The van der Waals surface area contributed by atoms with E-state index in [0.29, 0.717) is 29.2 Å². The van der Waals surface area contributed by atoms with Crippen molar-refractivity contribution in [3.63, 3.8) is 0 Å². The Morgan fingerprint density at radius 1 is 1.05 bits per heavy atom. The molecule has 0 aliphatic rings. The van der Waals surface area contributed by atoms with E-state index in [2.05, 4.69) is 0 Å². The van der Waals surface area contributed by atoms with Gasteiger partial charge in [0, 0.05) is 11.3 Å². The molecule has 2 aromatic carbocycles. The van der Waals surface area contributed by atoms with Gasteiger partial charge in [-0.2, -0.15) is 0 Å². The van der Waals surface area contributed by atoms with Gasteiger partial charge < -0.3 is 15.2 Å². The fraction of sp³-hybridized carbons (Fsp3) is 0.176. The second-order valence-electron chi connectivity index (χ2n) is 4.58. The van der Waals surface area contributed by atoms with Crippen LogP contribution < -0.4 is 10.5 Å².